The number of hydrogen-bond donors (Lipinski definition) is 2. The van der Waals surface area contributed by atoms with Crippen LogP contribution in [0.5, 0.6) is 0 Å². The Hall–Kier alpha value is -1.35. The molecule has 0 heterocycles. The van der Waals surface area contributed by atoms with Crippen LogP contribution in [0.1, 0.15) is 56.6 Å². The molecule has 1 aliphatic carbocycles. The van der Waals surface area contributed by atoms with Gasteiger partial charge in [0.25, 0.3) is 0 Å². The summed E-state index contributed by atoms with van der Waals surface area (Å²) in [6.45, 7) is 3.89. The van der Waals surface area contributed by atoms with Gasteiger partial charge in [0.15, 0.2) is 0 Å². The number of nitrogens with one attached hydrogen (secondary N) is 1. The van der Waals surface area contributed by atoms with Gasteiger partial charge in [0.2, 0.25) is 5.91 Å². The molecule has 1 aromatic carbocycles. The molecule has 20 heavy (non-hydrogen) atoms. The molecule has 0 aromatic heterocycles. The average molecular weight is 274 g/mol. The van der Waals surface area contributed by atoms with Gasteiger partial charge in [-0.3, -0.25) is 4.79 Å². The molecule has 1 fully saturated rings. The van der Waals surface area contributed by atoms with Crippen LogP contribution in [0.2, 0.25) is 0 Å². The van der Waals surface area contributed by atoms with E-state index in [0.29, 0.717) is 6.42 Å². The minimum atomic E-state index is -0.463. The Morgan fingerprint density at radius 1 is 1.25 bits per heavy atom. The number of nitrogens with two attached hydrogens (primary N) is 1. The van der Waals surface area contributed by atoms with Crippen LogP contribution < -0.4 is 11.1 Å². The monoisotopic (exact) mass is 274 g/mol. The lowest BCUT2D eigenvalue weighted by Crippen LogP contribution is -2.44. The van der Waals surface area contributed by atoms with Crippen molar-refractivity contribution >= 4 is 5.91 Å². The van der Waals surface area contributed by atoms with Gasteiger partial charge >= 0.3 is 0 Å². The molecule has 1 aromatic rings. The zero-order valence-electron chi connectivity index (χ0n) is 12.6. The third-order valence-corrected chi connectivity index (χ3v) is 4.03. The van der Waals surface area contributed by atoms with Crippen LogP contribution in [0.4, 0.5) is 0 Å². The van der Waals surface area contributed by atoms with Crippen molar-refractivity contribution in [1.82, 2.24) is 5.32 Å². The van der Waals surface area contributed by atoms with Crippen molar-refractivity contribution in [2.45, 2.75) is 64.0 Å². The Morgan fingerprint density at radius 2 is 1.85 bits per heavy atom. The van der Waals surface area contributed by atoms with Gasteiger partial charge in [0, 0.05) is 6.04 Å². The van der Waals surface area contributed by atoms with Crippen LogP contribution in [-0.2, 0) is 11.2 Å². The topological polar surface area (TPSA) is 55.1 Å². The van der Waals surface area contributed by atoms with Gasteiger partial charge in [0.05, 0.1) is 6.04 Å². The summed E-state index contributed by atoms with van der Waals surface area (Å²) in [5, 5.41) is 2.85. The fourth-order valence-electron chi connectivity index (χ4n) is 2.92. The summed E-state index contributed by atoms with van der Waals surface area (Å²) in [5.74, 6) is 0.668. The van der Waals surface area contributed by atoms with Crippen LogP contribution in [0.25, 0.3) is 0 Å². The van der Waals surface area contributed by atoms with Gasteiger partial charge in [-0.05, 0) is 50.2 Å². The molecule has 0 saturated heterocycles. The molecule has 3 N–H and O–H groups in total. The Morgan fingerprint density at radius 3 is 2.40 bits per heavy atom. The fourth-order valence-corrected chi connectivity index (χ4v) is 2.92. The highest BCUT2D eigenvalue weighted by Gasteiger charge is 2.18. The second-order valence-electron chi connectivity index (χ2n) is 6.20. The quantitative estimate of drug-likeness (QED) is 0.867. The van der Waals surface area contributed by atoms with E-state index >= 15 is 0 Å². The van der Waals surface area contributed by atoms with Gasteiger partial charge in [-0.1, -0.05) is 37.1 Å². The maximum atomic E-state index is 11.8. The van der Waals surface area contributed by atoms with Crippen LogP contribution in [-0.4, -0.2) is 18.0 Å². The van der Waals surface area contributed by atoms with E-state index < -0.39 is 6.04 Å². The number of carbonyl (C=O) groups excluding carboxylic acids is 1. The van der Waals surface area contributed by atoms with E-state index in [9.17, 15) is 4.79 Å². The summed E-state index contributed by atoms with van der Waals surface area (Å²) in [6, 6.07) is 8.33. The van der Waals surface area contributed by atoms with E-state index in [2.05, 4.69) is 29.6 Å². The first-order valence-corrected chi connectivity index (χ1v) is 7.71. The molecular weight excluding hydrogens is 248 g/mol. The van der Waals surface area contributed by atoms with Gasteiger partial charge in [-0.25, -0.2) is 0 Å². The fraction of sp³-hybridized carbons (Fsp3) is 0.588. The molecule has 0 radical (unpaired) electrons. The molecule has 1 saturated carbocycles. The van der Waals surface area contributed by atoms with Gasteiger partial charge in [0.1, 0.15) is 0 Å². The van der Waals surface area contributed by atoms with E-state index in [0.717, 1.165) is 11.5 Å². The van der Waals surface area contributed by atoms with E-state index in [1.54, 1.807) is 0 Å². The number of amides is 1. The summed E-state index contributed by atoms with van der Waals surface area (Å²) in [7, 11) is 0. The largest absolute Gasteiger partial charge is 0.353 e. The normalized spacial score (nSPS) is 17.4. The second kappa shape index (κ2) is 6.89. The molecule has 1 atom stereocenters. The van der Waals surface area contributed by atoms with Crippen LogP contribution in [0, 0.1) is 0 Å². The first-order valence-electron chi connectivity index (χ1n) is 7.71. The molecule has 110 valence electrons. The second-order valence-corrected chi connectivity index (χ2v) is 6.20. The summed E-state index contributed by atoms with van der Waals surface area (Å²) in [6.07, 6.45) is 5.94. The van der Waals surface area contributed by atoms with Crippen molar-refractivity contribution in [2.24, 2.45) is 5.73 Å². The van der Waals surface area contributed by atoms with Crippen LogP contribution in [0.15, 0.2) is 24.3 Å². The van der Waals surface area contributed by atoms with Crippen molar-refractivity contribution in [3.63, 3.8) is 0 Å². The van der Waals surface area contributed by atoms with Crippen molar-refractivity contribution in [3.05, 3.63) is 35.4 Å². The van der Waals surface area contributed by atoms with Gasteiger partial charge in [-0.15, -0.1) is 0 Å². The van der Waals surface area contributed by atoms with Gasteiger partial charge < -0.3 is 11.1 Å². The zero-order chi connectivity index (χ0) is 14.5. The van der Waals surface area contributed by atoms with Crippen molar-refractivity contribution < 1.29 is 4.79 Å². The van der Waals surface area contributed by atoms with Crippen molar-refractivity contribution in [2.75, 3.05) is 0 Å². The first kappa shape index (κ1) is 15.0. The number of rotatable bonds is 5. The molecule has 3 heteroatoms. The third-order valence-electron chi connectivity index (χ3n) is 4.03. The van der Waals surface area contributed by atoms with Gasteiger partial charge in [-0.2, -0.15) is 0 Å². The Kier molecular flexibility index (Phi) is 5.18. The number of hydrogen-bond acceptors (Lipinski definition) is 2. The third kappa shape index (κ3) is 4.07. The predicted octanol–water partition coefficient (Wildman–Crippen LogP) is 2.74. The summed E-state index contributed by atoms with van der Waals surface area (Å²) >= 11 is 0. The lowest BCUT2D eigenvalue weighted by molar-refractivity contribution is -0.122. The maximum Gasteiger partial charge on any atom is 0.237 e. The highest BCUT2D eigenvalue weighted by molar-refractivity contribution is 5.82. The van der Waals surface area contributed by atoms with Crippen LogP contribution >= 0.6 is 0 Å². The summed E-state index contributed by atoms with van der Waals surface area (Å²) in [4.78, 5) is 11.8. The molecule has 0 aliphatic heterocycles. The van der Waals surface area contributed by atoms with E-state index in [1.165, 1.54) is 31.2 Å². The molecular formula is C17H26N2O. The molecule has 2 rings (SSSR count). The molecule has 1 aliphatic rings. The first-order chi connectivity index (χ1) is 9.56. The number of carbonyl (C=O) groups is 1. The van der Waals surface area contributed by atoms with E-state index in [1.807, 2.05) is 13.8 Å². The summed E-state index contributed by atoms with van der Waals surface area (Å²) < 4.78 is 0. The number of benzene rings is 1. The Balaban J connectivity index is 1.91. The molecule has 0 spiro atoms. The standard InChI is InChI=1S/C17H26N2O/c1-12(2)19-17(20)16(18)11-13-7-9-15(10-8-13)14-5-3-4-6-14/h7-10,12,14,16H,3-6,11,18H2,1-2H3,(H,19,20)/t16-/m0/s1. The smallest absolute Gasteiger partial charge is 0.237 e. The van der Waals surface area contributed by atoms with Crippen molar-refractivity contribution in [1.29, 1.82) is 0 Å². The predicted molar refractivity (Wildman–Crippen MR) is 82.6 cm³/mol. The highest BCUT2D eigenvalue weighted by atomic mass is 16.2. The molecule has 0 unspecified atom stereocenters. The van der Waals surface area contributed by atoms with Crippen LogP contribution in [0.3, 0.4) is 0 Å². The minimum absolute atomic E-state index is 0.0696. The van der Waals surface area contributed by atoms with Crippen molar-refractivity contribution in [3.8, 4) is 0 Å². The van der Waals surface area contributed by atoms with E-state index in [-0.39, 0.29) is 11.9 Å². The Bertz CT molecular complexity index is 433. The molecule has 1 amide bonds. The Labute approximate surface area is 121 Å². The maximum absolute atomic E-state index is 11.8. The highest BCUT2D eigenvalue weighted by Crippen LogP contribution is 2.33. The summed E-state index contributed by atoms with van der Waals surface area (Å²) in [5.41, 5.74) is 8.52. The molecule has 3 nitrogen and oxygen atoms in total. The lowest BCUT2D eigenvalue weighted by atomic mass is 9.95. The lowest BCUT2D eigenvalue weighted by Gasteiger charge is -2.15. The zero-order valence-corrected chi connectivity index (χ0v) is 12.6. The average Bonchev–Trinajstić information content (AvgIpc) is 2.92. The minimum Gasteiger partial charge on any atom is -0.353 e. The SMILES string of the molecule is CC(C)NC(=O)[C@@H](N)Cc1ccc(C2CCCC2)cc1. The molecule has 0 bridgehead atoms. The van der Waals surface area contributed by atoms with E-state index in [4.69, 9.17) is 5.73 Å².